The topological polar surface area (TPSA) is 37.3 Å². The van der Waals surface area contributed by atoms with E-state index in [1.807, 2.05) is 46.8 Å². The molecule has 0 saturated carbocycles. The Morgan fingerprint density at radius 1 is 1.28 bits per heavy atom. The van der Waals surface area contributed by atoms with Gasteiger partial charge in [0.15, 0.2) is 5.78 Å². The third-order valence-corrected chi connectivity index (χ3v) is 3.18. The number of hydrogen-bond acceptors (Lipinski definition) is 2. The van der Waals surface area contributed by atoms with Crippen LogP contribution in [0.4, 0.5) is 0 Å². The Morgan fingerprint density at radius 2 is 1.83 bits per heavy atom. The molecule has 0 aliphatic heterocycles. The number of aromatic hydroxyl groups is 1. The average molecular weight is 248 g/mol. The maximum atomic E-state index is 12.2. The Hall–Kier alpha value is -1.31. The number of phenolic OH excluding ortho intramolecular Hbond substituents is 1. The summed E-state index contributed by atoms with van der Waals surface area (Å²) in [6.45, 7) is 11.9. The van der Waals surface area contributed by atoms with Gasteiger partial charge in [0, 0.05) is 11.5 Å². The van der Waals surface area contributed by atoms with Gasteiger partial charge in [0.25, 0.3) is 0 Å². The van der Waals surface area contributed by atoms with E-state index >= 15 is 0 Å². The second-order valence-electron chi connectivity index (χ2n) is 6.16. The molecule has 1 N–H and O–H groups in total. The van der Waals surface area contributed by atoms with E-state index in [1.165, 1.54) is 0 Å². The Balaban J connectivity index is 3.48. The molecule has 0 spiro atoms. The van der Waals surface area contributed by atoms with Crippen molar-refractivity contribution in [2.75, 3.05) is 0 Å². The van der Waals surface area contributed by atoms with Gasteiger partial charge in [-0.15, -0.1) is 0 Å². The first-order valence-corrected chi connectivity index (χ1v) is 6.59. The van der Waals surface area contributed by atoms with Gasteiger partial charge in [0.05, 0.1) is 5.56 Å². The fourth-order valence-electron chi connectivity index (χ4n) is 1.97. The van der Waals surface area contributed by atoms with Gasteiger partial charge in [0.2, 0.25) is 0 Å². The van der Waals surface area contributed by atoms with E-state index in [9.17, 15) is 9.90 Å². The molecular formula is C16H24O2. The molecular weight excluding hydrogens is 224 g/mol. The molecule has 2 nitrogen and oxygen atoms in total. The molecule has 1 aromatic carbocycles. The minimum absolute atomic E-state index is 0.00769. The average Bonchev–Trinajstić information content (AvgIpc) is 2.26. The van der Waals surface area contributed by atoms with E-state index in [-0.39, 0.29) is 22.9 Å². The van der Waals surface area contributed by atoms with Gasteiger partial charge in [-0.05, 0) is 23.5 Å². The summed E-state index contributed by atoms with van der Waals surface area (Å²) in [6.07, 6.45) is 0.863. The van der Waals surface area contributed by atoms with E-state index in [4.69, 9.17) is 0 Å². The number of benzene rings is 1. The summed E-state index contributed by atoms with van der Waals surface area (Å²) < 4.78 is 0. The molecule has 1 aromatic rings. The normalized spacial score (nSPS) is 11.9. The van der Waals surface area contributed by atoms with Crippen LogP contribution >= 0.6 is 0 Å². The lowest BCUT2D eigenvalue weighted by molar-refractivity contribution is 0.0936. The minimum atomic E-state index is -0.165. The third-order valence-electron chi connectivity index (χ3n) is 3.18. The monoisotopic (exact) mass is 248 g/mol. The van der Waals surface area contributed by atoms with Gasteiger partial charge in [-0.3, -0.25) is 4.79 Å². The standard InChI is InChI=1S/C16H24O2/c1-7-11-8-12(14(17)10(2)3)15(18)13(9-11)16(4,5)6/h8-10,18H,7H2,1-6H3. The Labute approximate surface area is 110 Å². The van der Waals surface area contributed by atoms with Gasteiger partial charge in [-0.2, -0.15) is 0 Å². The third kappa shape index (κ3) is 2.92. The molecule has 0 amide bonds. The number of Topliss-reactive ketones (excluding diaryl/α,β-unsaturated/α-hetero) is 1. The lowest BCUT2D eigenvalue weighted by Gasteiger charge is -2.23. The second-order valence-corrected chi connectivity index (χ2v) is 6.16. The quantitative estimate of drug-likeness (QED) is 0.818. The van der Waals surface area contributed by atoms with Crippen molar-refractivity contribution in [3.05, 3.63) is 28.8 Å². The number of hydrogen-bond donors (Lipinski definition) is 1. The number of carbonyl (C=O) groups is 1. The molecule has 0 atom stereocenters. The Kier molecular flexibility index (Phi) is 4.20. The van der Waals surface area contributed by atoms with Crippen LogP contribution in [0.1, 0.15) is 63.0 Å². The molecule has 0 aliphatic rings. The number of aryl methyl sites for hydroxylation is 1. The second kappa shape index (κ2) is 5.13. The van der Waals surface area contributed by atoms with Crippen LogP contribution in [-0.2, 0) is 11.8 Å². The zero-order valence-electron chi connectivity index (χ0n) is 12.3. The predicted octanol–water partition coefficient (Wildman–Crippen LogP) is 4.09. The smallest absolute Gasteiger partial charge is 0.169 e. The van der Waals surface area contributed by atoms with Crippen molar-refractivity contribution in [2.45, 2.75) is 53.4 Å². The zero-order chi connectivity index (χ0) is 14.1. The van der Waals surface area contributed by atoms with E-state index in [0.29, 0.717) is 5.56 Å². The molecule has 0 unspecified atom stereocenters. The SMILES string of the molecule is CCc1cc(C(=O)C(C)C)c(O)c(C(C)(C)C)c1. The summed E-state index contributed by atoms with van der Waals surface area (Å²) in [6, 6.07) is 3.83. The molecule has 0 fully saturated rings. The van der Waals surface area contributed by atoms with Gasteiger partial charge in [0.1, 0.15) is 5.75 Å². The number of carbonyl (C=O) groups excluding carboxylic acids is 1. The summed E-state index contributed by atoms with van der Waals surface area (Å²) in [4.78, 5) is 12.2. The van der Waals surface area contributed by atoms with Gasteiger partial charge in [-0.1, -0.05) is 47.6 Å². The van der Waals surface area contributed by atoms with Crippen molar-refractivity contribution in [3.63, 3.8) is 0 Å². The molecule has 0 heterocycles. The fourth-order valence-corrected chi connectivity index (χ4v) is 1.97. The van der Waals surface area contributed by atoms with Crippen molar-refractivity contribution >= 4 is 5.78 Å². The predicted molar refractivity (Wildman–Crippen MR) is 75.4 cm³/mol. The van der Waals surface area contributed by atoms with E-state index < -0.39 is 0 Å². The van der Waals surface area contributed by atoms with Crippen LogP contribution in [0.5, 0.6) is 5.75 Å². The van der Waals surface area contributed by atoms with Crippen LogP contribution in [-0.4, -0.2) is 10.9 Å². The lowest BCUT2D eigenvalue weighted by atomic mass is 9.82. The van der Waals surface area contributed by atoms with Crippen LogP contribution in [0.2, 0.25) is 0 Å². The molecule has 0 aliphatic carbocycles. The summed E-state index contributed by atoms with van der Waals surface area (Å²) >= 11 is 0. The van der Waals surface area contributed by atoms with Gasteiger partial charge >= 0.3 is 0 Å². The molecule has 1 rings (SSSR count). The molecule has 0 aromatic heterocycles. The fraction of sp³-hybridized carbons (Fsp3) is 0.562. The molecule has 0 saturated heterocycles. The Bertz CT molecular complexity index is 451. The van der Waals surface area contributed by atoms with Crippen molar-refractivity contribution in [1.29, 1.82) is 0 Å². The van der Waals surface area contributed by atoms with Gasteiger partial charge < -0.3 is 5.11 Å². The maximum absolute atomic E-state index is 12.2. The lowest BCUT2D eigenvalue weighted by Crippen LogP contribution is -2.16. The van der Waals surface area contributed by atoms with E-state index in [1.54, 1.807) is 0 Å². The van der Waals surface area contributed by atoms with Crippen molar-refractivity contribution < 1.29 is 9.90 Å². The first-order valence-electron chi connectivity index (χ1n) is 6.59. The maximum Gasteiger partial charge on any atom is 0.169 e. The van der Waals surface area contributed by atoms with Crippen LogP contribution in [0.15, 0.2) is 12.1 Å². The van der Waals surface area contributed by atoms with E-state index in [2.05, 4.69) is 6.92 Å². The number of phenols is 1. The molecule has 0 radical (unpaired) electrons. The molecule has 18 heavy (non-hydrogen) atoms. The highest BCUT2D eigenvalue weighted by Gasteiger charge is 2.24. The molecule has 2 heteroatoms. The van der Waals surface area contributed by atoms with Crippen LogP contribution in [0.3, 0.4) is 0 Å². The first kappa shape index (κ1) is 14.7. The summed E-state index contributed by atoms with van der Waals surface area (Å²) in [5.41, 5.74) is 2.25. The van der Waals surface area contributed by atoms with Crippen LogP contribution < -0.4 is 0 Å². The van der Waals surface area contributed by atoms with Crippen molar-refractivity contribution in [2.24, 2.45) is 5.92 Å². The molecule has 0 bridgehead atoms. The highest BCUT2D eigenvalue weighted by Crippen LogP contribution is 2.35. The zero-order valence-corrected chi connectivity index (χ0v) is 12.3. The Morgan fingerprint density at radius 3 is 2.22 bits per heavy atom. The first-order chi connectivity index (χ1) is 8.18. The summed E-state index contributed by atoms with van der Waals surface area (Å²) in [5.74, 6) is 0.0579. The number of rotatable bonds is 3. The number of ketones is 1. The summed E-state index contributed by atoms with van der Waals surface area (Å²) in [7, 11) is 0. The largest absolute Gasteiger partial charge is 0.507 e. The van der Waals surface area contributed by atoms with Crippen molar-refractivity contribution in [3.8, 4) is 5.75 Å². The van der Waals surface area contributed by atoms with Crippen LogP contribution in [0, 0.1) is 5.92 Å². The summed E-state index contributed by atoms with van der Waals surface area (Å²) in [5, 5.41) is 10.3. The highest BCUT2D eigenvalue weighted by atomic mass is 16.3. The van der Waals surface area contributed by atoms with Crippen molar-refractivity contribution in [1.82, 2.24) is 0 Å². The van der Waals surface area contributed by atoms with Crippen LogP contribution in [0.25, 0.3) is 0 Å². The van der Waals surface area contributed by atoms with E-state index in [0.717, 1.165) is 17.5 Å². The van der Waals surface area contributed by atoms with Gasteiger partial charge in [-0.25, -0.2) is 0 Å². The highest BCUT2D eigenvalue weighted by molar-refractivity contribution is 6.00. The minimum Gasteiger partial charge on any atom is -0.507 e. The molecule has 100 valence electrons.